The summed E-state index contributed by atoms with van der Waals surface area (Å²) >= 11 is 0. The maximum Gasteiger partial charge on any atom is 0.124 e. The van der Waals surface area contributed by atoms with E-state index in [-0.39, 0.29) is 0 Å². The first kappa shape index (κ1) is 14.2. The number of benzene rings is 1. The van der Waals surface area contributed by atoms with Crippen LogP contribution in [0.5, 0.6) is 5.75 Å². The van der Waals surface area contributed by atoms with Crippen LogP contribution in [0.2, 0.25) is 0 Å². The Bertz CT molecular complexity index is 555. The Balaban J connectivity index is 1.53. The molecule has 1 fully saturated rings. The fraction of sp³-hybridized carbons (Fsp3) is 0.444. The zero-order valence-electron chi connectivity index (χ0n) is 12.6. The van der Waals surface area contributed by atoms with Crippen molar-refractivity contribution in [2.45, 2.75) is 51.8 Å². The normalized spacial score (nSPS) is 14.3. The molecule has 0 radical (unpaired) electrons. The Hall–Kier alpha value is -1.74. The SMILES string of the molecule is CCCc1ccc(OCc2ccoc2CNC2CC2)cc1. The molecule has 3 heteroatoms. The number of nitrogens with one attached hydrogen (secondary N) is 1. The highest BCUT2D eigenvalue weighted by Crippen LogP contribution is 2.21. The molecule has 0 spiro atoms. The van der Waals surface area contributed by atoms with Crippen molar-refractivity contribution < 1.29 is 9.15 Å². The zero-order valence-corrected chi connectivity index (χ0v) is 12.6. The highest BCUT2D eigenvalue weighted by Gasteiger charge is 2.21. The molecule has 1 aliphatic carbocycles. The van der Waals surface area contributed by atoms with Gasteiger partial charge in [-0.2, -0.15) is 0 Å². The molecule has 1 aromatic carbocycles. The van der Waals surface area contributed by atoms with E-state index in [1.807, 2.05) is 18.2 Å². The molecule has 0 bridgehead atoms. The van der Waals surface area contributed by atoms with Gasteiger partial charge in [0.15, 0.2) is 0 Å². The fourth-order valence-corrected chi connectivity index (χ4v) is 2.38. The highest BCUT2D eigenvalue weighted by molar-refractivity contribution is 5.28. The van der Waals surface area contributed by atoms with Crippen LogP contribution in [0.3, 0.4) is 0 Å². The monoisotopic (exact) mass is 285 g/mol. The standard InChI is InChI=1S/C18H23NO2/c1-2-3-14-4-8-17(9-5-14)21-13-15-10-11-20-18(15)12-19-16-6-7-16/h4-5,8-11,16,19H,2-3,6-7,12-13H2,1H3. The van der Waals surface area contributed by atoms with Crippen LogP contribution in [-0.2, 0) is 19.6 Å². The van der Waals surface area contributed by atoms with Gasteiger partial charge in [0.25, 0.3) is 0 Å². The van der Waals surface area contributed by atoms with Crippen LogP contribution < -0.4 is 10.1 Å². The zero-order chi connectivity index (χ0) is 14.5. The molecule has 1 aliphatic rings. The minimum absolute atomic E-state index is 0.561. The molecule has 3 nitrogen and oxygen atoms in total. The average Bonchev–Trinajstić information content (AvgIpc) is 3.23. The Morgan fingerprint density at radius 3 is 2.71 bits per heavy atom. The molecular formula is C18H23NO2. The third kappa shape index (κ3) is 4.11. The fourth-order valence-electron chi connectivity index (χ4n) is 2.38. The molecule has 21 heavy (non-hydrogen) atoms. The van der Waals surface area contributed by atoms with Gasteiger partial charge in [-0.05, 0) is 43.0 Å². The van der Waals surface area contributed by atoms with E-state index in [1.54, 1.807) is 6.26 Å². The molecule has 3 rings (SSSR count). The molecule has 0 unspecified atom stereocenters. The molecule has 0 aliphatic heterocycles. The molecule has 1 aromatic heterocycles. The summed E-state index contributed by atoms with van der Waals surface area (Å²) in [5, 5.41) is 3.47. The minimum Gasteiger partial charge on any atom is -0.489 e. The van der Waals surface area contributed by atoms with Crippen molar-refractivity contribution in [1.82, 2.24) is 5.32 Å². The lowest BCUT2D eigenvalue weighted by molar-refractivity contribution is 0.301. The van der Waals surface area contributed by atoms with E-state index in [9.17, 15) is 0 Å². The number of hydrogen-bond acceptors (Lipinski definition) is 3. The van der Waals surface area contributed by atoms with Gasteiger partial charge in [0.05, 0.1) is 12.8 Å². The maximum absolute atomic E-state index is 5.86. The molecule has 112 valence electrons. The van der Waals surface area contributed by atoms with Gasteiger partial charge in [0, 0.05) is 11.6 Å². The predicted molar refractivity (Wildman–Crippen MR) is 83.3 cm³/mol. The Morgan fingerprint density at radius 1 is 1.19 bits per heavy atom. The van der Waals surface area contributed by atoms with Crippen LogP contribution in [-0.4, -0.2) is 6.04 Å². The summed E-state index contributed by atoms with van der Waals surface area (Å²) in [4.78, 5) is 0. The van der Waals surface area contributed by atoms with E-state index in [4.69, 9.17) is 9.15 Å². The number of aryl methyl sites for hydroxylation is 1. The predicted octanol–water partition coefficient (Wildman–Crippen LogP) is 4.06. The van der Waals surface area contributed by atoms with Gasteiger partial charge in [-0.25, -0.2) is 0 Å². The lowest BCUT2D eigenvalue weighted by atomic mass is 10.1. The Labute approximate surface area is 126 Å². The van der Waals surface area contributed by atoms with Crippen LogP contribution in [0.4, 0.5) is 0 Å². The van der Waals surface area contributed by atoms with Crippen molar-refractivity contribution in [3.63, 3.8) is 0 Å². The van der Waals surface area contributed by atoms with E-state index in [2.05, 4.69) is 24.4 Å². The molecular weight excluding hydrogens is 262 g/mol. The second-order valence-corrected chi connectivity index (χ2v) is 5.71. The van der Waals surface area contributed by atoms with Gasteiger partial charge in [-0.15, -0.1) is 0 Å². The van der Waals surface area contributed by atoms with Gasteiger partial charge < -0.3 is 14.5 Å². The summed E-state index contributed by atoms with van der Waals surface area (Å²) < 4.78 is 11.4. The molecule has 1 N–H and O–H groups in total. The molecule has 0 saturated heterocycles. The van der Waals surface area contributed by atoms with Crippen LogP contribution in [0.1, 0.15) is 43.1 Å². The van der Waals surface area contributed by atoms with Crippen LogP contribution >= 0.6 is 0 Å². The highest BCUT2D eigenvalue weighted by atomic mass is 16.5. The third-order valence-electron chi connectivity index (χ3n) is 3.82. The summed E-state index contributed by atoms with van der Waals surface area (Å²) in [6.45, 7) is 3.55. The Kier molecular flexibility index (Phi) is 4.61. The van der Waals surface area contributed by atoms with Crippen molar-refractivity contribution in [1.29, 1.82) is 0 Å². The molecule has 0 amide bonds. The number of hydrogen-bond donors (Lipinski definition) is 1. The maximum atomic E-state index is 5.86. The largest absolute Gasteiger partial charge is 0.489 e. The smallest absolute Gasteiger partial charge is 0.124 e. The first-order valence-electron chi connectivity index (χ1n) is 7.85. The summed E-state index contributed by atoms with van der Waals surface area (Å²) in [5.41, 5.74) is 2.49. The lowest BCUT2D eigenvalue weighted by Crippen LogP contribution is -2.16. The van der Waals surface area contributed by atoms with Crippen molar-refractivity contribution in [3.8, 4) is 5.75 Å². The van der Waals surface area contributed by atoms with Crippen molar-refractivity contribution >= 4 is 0 Å². The van der Waals surface area contributed by atoms with Crippen molar-refractivity contribution in [3.05, 3.63) is 53.5 Å². The second-order valence-electron chi connectivity index (χ2n) is 5.71. The van der Waals surface area contributed by atoms with Crippen LogP contribution in [0.25, 0.3) is 0 Å². The summed E-state index contributed by atoms with van der Waals surface area (Å²) in [7, 11) is 0. The third-order valence-corrected chi connectivity index (χ3v) is 3.82. The molecule has 2 aromatic rings. The minimum atomic E-state index is 0.561. The van der Waals surface area contributed by atoms with Gasteiger partial charge in [0.2, 0.25) is 0 Å². The number of furan rings is 1. The van der Waals surface area contributed by atoms with Gasteiger partial charge >= 0.3 is 0 Å². The van der Waals surface area contributed by atoms with Crippen molar-refractivity contribution in [2.75, 3.05) is 0 Å². The van der Waals surface area contributed by atoms with Gasteiger partial charge in [0.1, 0.15) is 18.1 Å². The van der Waals surface area contributed by atoms with E-state index in [1.165, 1.54) is 24.8 Å². The van der Waals surface area contributed by atoms with Gasteiger partial charge in [-0.3, -0.25) is 0 Å². The number of ether oxygens (including phenoxy) is 1. The van der Waals surface area contributed by atoms with Crippen molar-refractivity contribution in [2.24, 2.45) is 0 Å². The first-order valence-corrected chi connectivity index (χ1v) is 7.85. The molecule has 1 heterocycles. The Morgan fingerprint density at radius 2 is 2.00 bits per heavy atom. The van der Waals surface area contributed by atoms with Crippen LogP contribution in [0, 0.1) is 0 Å². The average molecular weight is 285 g/mol. The van der Waals surface area contributed by atoms with E-state index in [0.29, 0.717) is 12.6 Å². The quantitative estimate of drug-likeness (QED) is 0.794. The number of rotatable bonds is 8. The molecule has 0 atom stereocenters. The van der Waals surface area contributed by atoms with E-state index >= 15 is 0 Å². The molecule has 1 saturated carbocycles. The van der Waals surface area contributed by atoms with E-state index < -0.39 is 0 Å². The lowest BCUT2D eigenvalue weighted by Gasteiger charge is -2.08. The first-order chi connectivity index (χ1) is 10.3. The summed E-state index contributed by atoms with van der Waals surface area (Å²) in [5.74, 6) is 1.90. The van der Waals surface area contributed by atoms with Crippen LogP contribution in [0.15, 0.2) is 41.0 Å². The topological polar surface area (TPSA) is 34.4 Å². The van der Waals surface area contributed by atoms with Gasteiger partial charge in [-0.1, -0.05) is 25.5 Å². The van der Waals surface area contributed by atoms with E-state index in [0.717, 1.165) is 30.0 Å². The summed E-state index contributed by atoms with van der Waals surface area (Å²) in [6, 6.07) is 11.1. The second kappa shape index (κ2) is 6.81. The summed E-state index contributed by atoms with van der Waals surface area (Å²) in [6.07, 6.45) is 6.62.